The Morgan fingerprint density at radius 3 is 2.57 bits per heavy atom. The van der Waals surface area contributed by atoms with E-state index in [1.165, 1.54) is 0 Å². The summed E-state index contributed by atoms with van der Waals surface area (Å²) in [5.41, 5.74) is 1.96. The topological polar surface area (TPSA) is 142 Å². The zero-order chi connectivity index (χ0) is 34.6. The van der Waals surface area contributed by atoms with Gasteiger partial charge in [0.25, 0.3) is 5.09 Å². The van der Waals surface area contributed by atoms with Crippen LogP contribution in [0.25, 0.3) is 0 Å². The third-order valence-corrected chi connectivity index (χ3v) is 9.45. The average Bonchev–Trinajstić information content (AvgIpc) is 3.10. The molecule has 3 unspecified atom stereocenters. The highest BCUT2D eigenvalue weighted by atomic mass is 35.5. The van der Waals surface area contributed by atoms with Crippen molar-refractivity contribution in [2.45, 2.75) is 88.5 Å². The first-order chi connectivity index (χ1) is 23.8. The van der Waals surface area contributed by atoms with E-state index < -0.39 is 23.4 Å². The number of piperidine rings is 1. The smallest absolute Gasteiger partial charge is 0.294 e. The maximum Gasteiger partial charge on any atom is 0.294 e. The highest BCUT2D eigenvalue weighted by molar-refractivity contribution is 6.30. The first-order valence-corrected chi connectivity index (χ1v) is 17.6. The third-order valence-electron chi connectivity index (χ3n) is 9.20. The van der Waals surface area contributed by atoms with Gasteiger partial charge < -0.3 is 43.4 Å². The summed E-state index contributed by atoms with van der Waals surface area (Å²) in [6.07, 6.45) is 2.91. The molecule has 5 rings (SSSR count). The normalized spacial score (nSPS) is 23.8. The van der Waals surface area contributed by atoms with Crippen molar-refractivity contribution in [3.05, 3.63) is 63.2 Å². The molecule has 13 nitrogen and oxygen atoms in total. The molecular formula is C35H48ClN3O10. The van der Waals surface area contributed by atoms with Gasteiger partial charge >= 0.3 is 0 Å². The number of aliphatic hydroxyl groups is 1. The molecule has 270 valence electrons. The molecule has 2 aromatic carbocycles. The first kappa shape index (κ1) is 36.9. The molecule has 1 aliphatic carbocycles. The highest BCUT2D eigenvalue weighted by Crippen LogP contribution is 2.34. The number of benzene rings is 2. The van der Waals surface area contributed by atoms with Crippen LogP contribution in [0.15, 0.2) is 42.5 Å². The summed E-state index contributed by atoms with van der Waals surface area (Å²) in [4.78, 5) is 31.9. The number of carbonyl (C=O) groups is 1. The number of rotatable bonds is 17. The van der Waals surface area contributed by atoms with Gasteiger partial charge in [-0.2, -0.15) is 0 Å². The fourth-order valence-corrected chi connectivity index (χ4v) is 6.76. The Hall–Kier alpha value is -3.36. The monoisotopic (exact) mass is 705 g/mol. The van der Waals surface area contributed by atoms with Crippen molar-refractivity contribution in [1.82, 2.24) is 4.90 Å². The van der Waals surface area contributed by atoms with E-state index >= 15 is 0 Å². The van der Waals surface area contributed by atoms with Crippen molar-refractivity contribution in [2.75, 3.05) is 58.0 Å². The zero-order valence-corrected chi connectivity index (χ0v) is 28.8. The third kappa shape index (κ3) is 11.1. The quantitative estimate of drug-likeness (QED) is 0.138. The van der Waals surface area contributed by atoms with Crippen LogP contribution < -0.4 is 14.4 Å². The number of hydrogen-bond acceptors (Lipinski definition) is 11. The molecule has 0 bridgehead atoms. The van der Waals surface area contributed by atoms with Crippen molar-refractivity contribution in [1.29, 1.82) is 0 Å². The van der Waals surface area contributed by atoms with E-state index in [-0.39, 0.29) is 50.8 Å². The van der Waals surface area contributed by atoms with Gasteiger partial charge in [0.15, 0.2) is 0 Å². The molecule has 49 heavy (non-hydrogen) atoms. The lowest BCUT2D eigenvalue weighted by molar-refractivity contribution is -0.757. The number of amides is 1. The van der Waals surface area contributed by atoms with Gasteiger partial charge in [0, 0.05) is 44.8 Å². The molecule has 3 atom stereocenters. The summed E-state index contributed by atoms with van der Waals surface area (Å²) in [6.45, 7) is 3.52. The molecule has 0 spiro atoms. The van der Waals surface area contributed by atoms with Crippen molar-refractivity contribution >= 4 is 23.2 Å². The second kappa shape index (κ2) is 18.6. The number of halogens is 1. The average molecular weight is 706 g/mol. The van der Waals surface area contributed by atoms with E-state index in [1.54, 1.807) is 12.0 Å². The van der Waals surface area contributed by atoms with E-state index in [9.17, 15) is 20.0 Å². The van der Waals surface area contributed by atoms with Crippen molar-refractivity contribution in [2.24, 2.45) is 0 Å². The Morgan fingerprint density at radius 2 is 1.82 bits per heavy atom. The van der Waals surface area contributed by atoms with Gasteiger partial charge in [-0.05, 0) is 86.9 Å². The largest absolute Gasteiger partial charge is 0.490 e. The molecule has 1 saturated carbocycles. The number of unbranched alkanes of at least 4 members (excludes halogenated alkanes) is 1. The number of nitrogens with zero attached hydrogens (tertiary/aromatic N) is 3. The highest BCUT2D eigenvalue weighted by Gasteiger charge is 2.41. The Morgan fingerprint density at radius 1 is 1.04 bits per heavy atom. The van der Waals surface area contributed by atoms with Crippen LogP contribution in [-0.2, 0) is 30.4 Å². The van der Waals surface area contributed by atoms with Crippen LogP contribution in [-0.4, -0.2) is 105 Å². The minimum Gasteiger partial charge on any atom is -0.490 e. The Kier molecular flexibility index (Phi) is 14.0. The predicted molar refractivity (Wildman–Crippen MR) is 182 cm³/mol. The molecular weight excluding hydrogens is 658 g/mol. The first-order valence-electron chi connectivity index (χ1n) is 17.2. The maximum absolute atomic E-state index is 13.2. The van der Waals surface area contributed by atoms with Gasteiger partial charge in [0.1, 0.15) is 36.4 Å². The van der Waals surface area contributed by atoms with Crippen LogP contribution in [0.3, 0.4) is 0 Å². The van der Waals surface area contributed by atoms with Gasteiger partial charge in [0.2, 0.25) is 5.91 Å². The number of ether oxygens (including phenoxy) is 5. The van der Waals surface area contributed by atoms with Crippen molar-refractivity contribution < 1.29 is 43.5 Å². The summed E-state index contributed by atoms with van der Waals surface area (Å²) in [6, 6.07) is 13.4. The minimum atomic E-state index is -0.947. The second-order valence-corrected chi connectivity index (χ2v) is 13.2. The lowest BCUT2D eigenvalue weighted by Crippen LogP contribution is -2.59. The fourth-order valence-electron chi connectivity index (χ4n) is 6.64. The molecule has 1 amide bonds. The molecule has 0 aromatic heterocycles. The standard InChI is InChI=1S/C35H48ClN3O10/c1-44-18-4-16-37-17-20-45-32-15-6-25(21-30(32)37)24-46-33-23-38(34(41)5-2-3-19-47-39(42)43)22-31(40)35(33)49-29-13-11-28(12-14-29)48-27-9-7-26(36)8-10-27/h6-10,15,21,28-29,31,33,35,40H,2-5,11-14,16-20,22-24H2,1H3. The zero-order valence-electron chi connectivity index (χ0n) is 28.1. The number of carbonyl (C=O) groups excluding carboxylic acids is 1. The Labute approximate surface area is 292 Å². The number of hydrogen-bond donors (Lipinski definition) is 1. The summed E-state index contributed by atoms with van der Waals surface area (Å²) in [5, 5.41) is 21.6. The molecule has 14 heteroatoms. The van der Waals surface area contributed by atoms with Crippen LogP contribution in [0.2, 0.25) is 5.02 Å². The second-order valence-electron chi connectivity index (χ2n) is 12.8. The van der Waals surface area contributed by atoms with Gasteiger partial charge in [0.05, 0.1) is 37.7 Å². The molecule has 3 aliphatic rings. The maximum atomic E-state index is 13.2. The Balaban J connectivity index is 1.21. The minimum absolute atomic E-state index is 0.0623. The number of fused-ring (bicyclic) bond motifs is 1. The van der Waals surface area contributed by atoms with Crippen LogP contribution in [0.1, 0.15) is 56.9 Å². The van der Waals surface area contributed by atoms with Crippen LogP contribution >= 0.6 is 11.6 Å². The number of methoxy groups -OCH3 is 1. The van der Waals surface area contributed by atoms with E-state index in [1.807, 2.05) is 36.4 Å². The number of likely N-dealkylation sites (tertiary alicyclic amines) is 1. The molecule has 0 radical (unpaired) electrons. The van der Waals surface area contributed by atoms with Crippen LogP contribution in [0, 0.1) is 10.1 Å². The van der Waals surface area contributed by atoms with Crippen molar-refractivity contribution in [3.8, 4) is 11.5 Å². The molecule has 2 aromatic rings. The molecule has 2 aliphatic heterocycles. The van der Waals surface area contributed by atoms with Crippen molar-refractivity contribution in [3.63, 3.8) is 0 Å². The number of β-amino-alcohol motifs (C(OH)–C–C–N with tert-alkyl or cyclic N) is 1. The lowest BCUT2D eigenvalue weighted by Gasteiger charge is -2.43. The van der Waals surface area contributed by atoms with E-state index in [2.05, 4.69) is 15.8 Å². The van der Waals surface area contributed by atoms with Crippen LogP contribution in [0.4, 0.5) is 5.69 Å². The summed E-state index contributed by atoms with van der Waals surface area (Å²) in [5.74, 6) is 1.47. The number of aliphatic hydroxyl groups excluding tert-OH is 1. The van der Waals surface area contributed by atoms with Gasteiger partial charge in [-0.25, -0.2) is 0 Å². The summed E-state index contributed by atoms with van der Waals surface area (Å²) < 4.78 is 30.4. The van der Waals surface area contributed by atoms with E-state index in [4.69, 9.17) is 35.3 Å². The predicted octanol–water partition coefficient (Wildman–Crippen LogP) is 4.82. The van der Waals surface area contributed by atoms with Gasteiger partial charge in [-0.1, -0.05) is 17.7 Å². The molecule has 2 heterocycles. The van der Waals surface area contributed by atoms with Gasteiger partial charge in [-0.15, -0.1) is 10.1 Å². The molecule has 1 saturated heterocycles. The fraction of sp³-hybridized carbons (Fsp3) is 0.629. The van der Waals surface area contributed by atoms with E-state index in [0.29, 0.717) is 31.1 Å². The Bertz CT molecular complexity index is 1340. The van der Waals surface area contributed by atoms with Crippen LogP contribution in [0.5, 0.6) is 11.5 Å². The summed E-state index contributed by atoms with van der Waals surface area (Å²) in [7, 11) is 1.70. The molecule has 2 fully saturated rings. The number of anilines is 1. The molecule has 1 N–H and O–H groups in total. The summed E-state index contributed by atoms with van der Waals surface area (Å²) >= 11 is 6.01. The lowest BCUT2D eigenvalue weighted by atomic mass is 9.93. The van der Waals surface area contributed by atoms with Gasteiger partial charge in [-0.3, -0.25) is 4.79 Å². The SMILES string of the molecule is COCCCN1CCOc2ccc(COC3CN(C(=O)CCCCO[N+](=O)[O-])CC(O)C3OC3CCC(Oc4ccc(Cl)cc4)CC3)cc21. The van der Waals surface area contributed by atoms with E-state index in [0.717, 1.165) is 67.9 Å².